The van der Waals surface area contributed by atoms with Crippen LogP contribution in [-0.2, 0) is 11.3 Å². The molecule has 0 unspecified atom stereocenters. The van der Waals surface area contributed by atoms with Crippen LogP contribution in [0.25, 0.3) is 10.2 Å². The van der Waals surface area contributed by atoms with Crippen molar-refractivity contribution in [1.29, 1.82) is 0 Å². The minimum Gasteiger partial charge on any atom is -0.462 e. The number of aromatic nitrogens is 2. The average molecular weight is 344 g/mol. The normalized spacial score (nSPS) is 10.8. The van der Waals surface area contributed by atoms with E-state index in [-0.39, 0.29) is 12.6 Å². The SMILES string of the molecule is CCOC(=O)c1sc2ncnc(Oc3ccc(CO)cc3)c2c1C. The van der Waals surface area contributed by atoms with Gasteiger partial charge in [0.2, 0.25) is 5.88 Å². The molecule has 0 amide bonds. The van der Waals surface area contributed by atoms with Crippen LogP contribution in [0.1, 0.15) is 27.7 Å². The molecule has 0 bridgehead atoms. The number of esters is 1. The van der Waals surface area contributed by atoms with Gasteiger partial charge in [0.25, 0.3) is 0 Å². The topological polar surface area (TPSA) is 81.5 Å². The van der Waals surface area contributed by atoms with Crippen LogP contribution < -0.4 is 4.74 Å². The fourth-order valence-corrected chi connectivity index (χ4v) is 3.32. The van der Waals surface area contributed by atoms with Crippen molar-refractivity contribution in [1.82, 2.24) is 9.97 Å². The third-order valence-electron chi connectivity index (χ3n) is 3.47. The zero-order valence-electron chi connectivity index (χ0n) is 13.3. The predicted octanol–water partition coefficient (Wildman–Crippen LogP) is 3.46. The van der Waals surface area contributed by atoms with E-state index in [1.54, 1.807) is 31.2 Å². The zero-order valence-corrected chi connectivity index (χ0v) is 14.1. The number of carbonyl (C=O) groups excluding carboxylic acids is 1. The lowest BCUT2D eigenvalue weighted by atomic mass is 10.2. The summed E-state index contributed by atoms with van der Waals surface area (Å²) >= 11 is 1.26. The van der Waals surface area contributed by atoms with Crippen LogP contribution in [0.5, 0.6) is 11.6 Å². The second-order valence-electron chi connectivity index (χ2n) is 5.04. The third kappa shape index (κ3) is 3.08. The van der Waals surface area contributed by atoms with E-state index in [0.29, 0.717) is 33.3 Å². The Morgan fingerprint density at radius 2 is 2.00 bits per heavy atom. The Balaban J connectivity index is 2.00. The number of ether oxygens (including phenoxy) is 2. The molecule has 0 radical (unpaired) electrons. The Kier molecular flexibility index (Phi) is 4.73. The highest BCUT2D eigenvalue weighted by molar-refractivity contribution is 7.20. The van der Waals surface area contributed by atoms with Crippen molar-refractivity contribution in [3.63, 3.8) is 0 Å². The summed E-state index contributed by atoms with van der Waals surface area (Å²) in [7, 11) is 0. The monoisotopic (exact) mass is 344 g/mol. The molecule has 6 nitrogen and oxygen atoms in total. The number of thiophene rings is 1. The molecule has 1 aromatic carbocycles. The lowest BCUT2D eigenvalue weighted by molar-refractivity contribution is 0.0531. The molecule has 0 saturated carbocycles. The number of fused-ring (bicyclic) bond motifs is 1. The quantitative estimate of drug-likeness (QED) is 0.714. The molecule has 0 aliphatic heterocycles. The third-order valence-corrected chi connectivity index (χ3v) is 4.65. The van der Waals surface area contributed by atoms with Crippen LogP contribution in [0, 0.1) is 6.92 Å². The number of aryl methyl sites for hydroxylation is 1. The first-order chi connectivity index (χ1) is 11.6. The number of aliphatic hydroxyl groups excluding tert-OH is 1. The van der Waals surface area contributed by atoms with Gasteiger partial charge in [-0.2, -0.15) is 0 Å². The molecule has 2 heterocycles. The minimum absolute atomic E-state index is 0.0232. The Hall–Kier alpha value is -2.51. The van der Waals surface area contributed by atoms with E-state index in [2.05, 4.69) is 9.97 Å². The van der Waals surface area contributed by atoms with Crippen molar-refractivity contribution < 1.29 is 19.4 Å². The minimum atomic E-state index is -0.365. The van der Waals surface area contributed by atoms with Crippen molar-refractivity contribution in [2.75, 3.05) is 6.61 Å². The van der Waals surface area contributed by atoms with E-state index in [1.807, 2.05) is 6.92 Å². The molecule has 124 valence electrons. The highest BCUT2D eigenvalue weighted by Gasteiger charge is 2.21. The molecule has 0 spiro atoms. The second-order valence-corrected chi connectivity index (χ2v) is 6.04. The predicted molar refractivity (Wildman–Crippen MR) is 90.5 cm³/mol. The first-order valence-corrected chi connectivity index (χ1v) is 8.24. The molecular formula is C17H16N2O4S. The van der Waals surface area contributed by atoms with E-state index in [4.69, 9.17) is 14.6 Å². The smallest absolute Gasteiger partial charge is 0.348 e. The van der Waals surface area contributed by atoms with Crippen LogP contribution in [0.15, 0.2) is 30.6 Å². The van der Waals surface area contributed by atoms with E-state index in [0.717, 1.165) is 11.1 Å². The molecular weight excluding hydrogens is 328 g/mol. The number of nitrogens with zero attached hydrogens (tertiary/aromatic N) is 2. The van der Waals surface area contributed by atoms with E-state index < -0.39 is 0 Å². The van der Waals surface area contributed by atoms with E-state index in [9.17, 15) is 4.79 Å². The number of hydrogen-bond donors (Lipinski definition) is 1. The second kappa shape index (κ2) is 6.94. The number of aliphatic hydroxyl groups is 1. The lowest BCUT2D eigenvalue weighted by Crippen LogP contribution is -2.03. The standard InChI is InChI=1S/C17H16N2O4S/c1-3-22-17(21)14-10(2)13-15(18-9-19-16(13)24-14)23-12-6-4-11(8-20)5-7-12/h4-7,9,20H,3,8H2,1-2H3. The molecule has 24 heavy (non-hydrogen) atoms. The molecule has 7 heteroatoms. The van der Waals surface area contributed by atoms with Crippen LogP contribution in [0.3, 0.4) is 0 Å². The van der Waals surface area contributed by atoms with E-state index in [1.165, 1.54) is 17.7 Å². The fraction of sp³-hybridized carbons (Fsp3) is 0.235. The first kappa shape index (κ1) is 16.4. The van der Waals surface area contributed by atoms with Gasteiger partial charge in [-0.1, -0.05) is 12.1 Å². The molecule has 0 atom stereocenters. The molecule has 0 aliphatic rings. The number of rotatable bonds is 5. The first-order valence-electron chi connectivity index (χ1n) is 7.43. The van der Waals surface area contributed by atoms with Crippen LogP contribution >= 0.6 is 11.3 Å². The van der Waals surface area contributed by atoms with Gasteiger partial charge in [0, 0.05) is 0 Å². The maximum absolute atomic E-state index is 12.1. The van der Waals surface area contributed by atoms with Crippen molar-refractivity contribution in [3.05, 3.63) is 46.6 Å². The molecule has 1 N–H and O–H groups in total. The van der Waals surface area contributed by atoms with Crippen LogP contribution in [0.4, 0.5) is 0 Å². The maximum Gasteiger partial charge on any atom is 0.348 e. The molecule has 3 aromatic rings. The van der Waals surface area contributed by atoms with Crippen molar-refractivity contribution in [2.45, 2.75) is 20.5 Å². The molecule has 0 fully saturated rings. The summed E-state index contributed by atoms with van der Waals surface area (Å²) in [4.78, 5) is 21.6. The highest BCUT2D eigenvalue weighted by Crippen LogP contribution is 2.36. The molecule has 0 saturated heterocycles. The van der Waals surface area contributed by atoms with Gasteiger partial charge in [0.15, 0.2) is 0 Å². The summed E-state index contributed by atoms with van der Waals surface area (Å²) in [5.41, 5.74) is 1.54. The van der Waals surface area contributed by atoms with Crippen LogP contribution in [-0.4, -0.2) is 27.7 Å². The van der Waals surface area contributed by atoms with Crippen molar-refractivity contribution in [2.24, 2.45) is 0 Å². The summed E-state index contributed by atoms with van der Waals surface area (Å²) in [6.07, 6.45) is 1.41. The highest BCUT2D eigenvalue weighted by atomic mass is 32.1. The Morgan fingerprint density at radius 1 is 1.25 bits per heavy atom. The number of hydrogen-bond acceptors (Lipinski definition) is 7. The summed E-state index contributed by atoms with van der Waals surface area (Å²) in [6, 6.07) is 7.07. The summed E-state index contributed by atoms with van der Waals surface area (Å²) in [6.45, 7) is 3.89. The Bertz CT molecular complexity index is 874. The Morgan fingerprint density at radius 3 is 2.67 bits per heavy atom. The van der Waals surface area contributed by atoms with Gasteiger partial charge in [-0.05, 0) is 37.1 Å². The van der Waals surface area contributed by atoms with Gasteiger partial charge in [0.05, 0.1) is 18.6 Å². The number of carbonyl (C=O) groups is 1. The van der Waals surface area contributed by atoms with Gasteiger partial charge in [-0.25, -0.2) is 14.8 Å². The molecule has 0 aliphatic carbocycles. The summed E-state index contributed by atoms with van der Waals surface area (Å²) in [5, 5.41) is 9.80. The van der Waals surface area contributed by atoms with Gasteiger partial charge in [-0.15, -0.1) is 11.3 Å². The fourth-order valence-electron chi connectivity index (χ4n) is 2.28. The average Bonchev–Trinajstić information content (AvgIpc) is 2.94. The van der Waals surface area contributed by atoms with Crippen LogP contribution in [0.2, 0.25) is 0 Å². The van der Waals surface area contributed by atoms with Gasteiger partial charge < -0.3 is 14.6 Å². The lowest BCUT2D eigenvalue weighted by Gasteiger charge is -2.07. The van der Waals surface area contributed by atoms with Crippen molar-refractivity contribution in [3.8, 4) is 11.6 Å². The Labute approximate surface area is 142 Å². The van der Waals surface area contributed by atoms with Gasteiger partial charge in [0.1, 0.15) is 21.8 Å². The summed E-state index contributed by atoms with van der Waals surface area (Å²) in [5.74, 6) is 0.618. The zero-order chi connectivity index (χ0) is 17.1. The summed E-state index contributed by atoms with van der Waals surface area (Å²) < 4.78 is 10.9. The van der Waals surface area contributed by atoms with Gasteiger partial charge in [-0.3, -0.25) is 0 Å². The largest absolute Gasteiger partial charge is 0.462 e. The maximum atomic E-state index is 12.1. The van der Waals surface area contributed by atoms with Gasteiger partial charge >= 0.3 is 5.97 Å². The molecule has 3 rings (SSSR count). The number of benzene rings is 1. The molecule has 2 aromatic heterocycles. The van der Waals surface area contributed by atoms with Crippen molar-refractivity contribution >= 4 is 27.5 Å². The van der Waals surface area contributed by atoms with E-state index >= 15 is 0 Å².